The highest BCUT2D eigenvalue weighted by molar-refractivity contribution is 6.32. The van der Waals surface area contributed by atoms with Crippen LogP contribution in [0.2, 0.25) is 5.02 Å². The highest BCUT2D eigenvalue weighted by atomic mass is 35.5. The fraction of sp³-hybridized carbons (Fsp3) is 0.167. The highest BCUT2D eigenvalue weighted by Gasteiger charge is 2.14. The minimum absolute atomic E-state index is 0.448. The molecule has 24 heavy (non-hydrogen) atoms. The molecule has 0 amide bonds. The number of hydrogen-bond donors (Lipinski definition) is 1. The van der Waals surface area contributed by atoms with Gasteiger partial charge in [0, 0.05) is 18.1 Å². The summed E-state index contributed by atoms with van der Waals surface area (Å²) in [5.74, 6) is 1.36. The van der Waals surface area contributed by atoms with E-state index < -0.39 is 0 Å². The Morgan fingerprint density at radius 1 is 1.25 bits per heavy atom. The molecule has 2 heterocycles. The van der Waals surface area contributed by atoms with Crippen molar-refractivity contribution in [1.82, 2.24) is 14.5 Å². The van der Waals surface area contributed by atoms with Gasteiger partial charge in [0.15, 0.2) is 0 Å². The summed E-state index contributed by atoms with van der Waals surface area (Å²) in [5.41, 5.74) is 2.93. The van der Waals surface area contributed by atoms with Crippen molar-refractivity contribution in [3.8, 4) is 11.8 Å². The molecule has 0 aliphatic carbocycles. The Morgan fingerprint density at radius 2 is 2.00 bits per heavy atom. The molecule has 0 radical (unpaired) electrons. The number of rotatable bonds is 4. The minimum atomic E-state index is 0.448. The van der Waals surface area contributed by atoms with Crippen LogP contribution in [0, 0.1) is 25.2 Å². The van der Waals surface area contributed by atoms with E-state index in [0.717, 1.165) is 17.1 Å². The summed E-state index contributed by atoms with van der Waals surface area (Å²) in [7, 11) is 0. The lowest BCUT2D eigenvalue weighted by molar-refractivity contribution is 0.892. The van der Waals surface area contributed by atoms with Crippen molar-refractivity contribution >= 4 is 17.4 Å². The van der Waals surface area contributed by atoms with E-state index in [4.69, 9.17) is 11.6 Å². The molecule has 0 spiro atoms. The summed E-state index contributed by atoms with van der Waals surface area (Å²) in [6.45, 7) is 4.10. The molecule has 6 heteroatoms. The number of nitrogens with zero attached hydrogens (tertiary/aromatic N) is 4. The zero-order valence-corrected chi connectivity index (χ0v) is 14.2. The lowest BCUT2D eigenvalue weighted by Crippen LogP contribution is -2.10. The Bertz CT molecular complexity index is 909. The van der Waals surface area contributed by atoms with Crippen molar-refractivity contribution in [2.75, 3.05) is 5.32 Å². The van der Waals surface area contributed by atoms with Gasteiger partial charge in [0.05, 0.1) is 22.8 Å². The first kappa shape index (κ1) is 16.0. The number of benzene rings is 1. The molecular formula is C18H16ClN5. The van der Waals surface area contributed by atoms with Gasteiger partial charge in [-0.05, 0) is 31.5 Å². The average Bonchev–Trinajstić information content (AvgIpc) is 3.07. The predicted molar refractivity (Wildman–Crippen MR) is 94.3 cm³/mol. The van der Waals surface area contributed by atoms with Gasteiger partial charge in [-0.2, -0.15) is 5.26 Å². The number of aryl methyl sites for hydroxylation is 1. The topological polar surface area (TPSA) is 66.5 Å². The molecule has 0 saturated heterocycles. The summed E-state index contributed by atoms with van der Waals surface area (Å²) in [4.78, 5) is 8.79. The standard InChI is InChI=1S/C18H16ClN5/c1-12-15(10-20)18(23-13(2)17(12)19)22-11-16-21-8-9-24(16)14-6-4-3-5-7-14/h3-9H,11H2,1-2H3,(H,22,23). The molecule has 0 fully saturated rings. The van der Waals surface area contributed by atoms with Crippen LogP contribution < -0.4 is 5.32 Å². The van der Waals surface area contributed by atoms with Crippen molar-refractivity contribution in [2.45, 2.75) is 20.4 Å². The number of nitriles is 1. The van der Waals surface area contributed by atoms with Crippen molar-refractivity contribution in [3.05, 3.63) is 70.4 Å². The summed E-state index contributed by atoms with van der Waals surface area (Å²) in [6.07, 6.45) is 3.66. The zero-order valence-electron chi connectivity index (χ0n) is 13.4. The fourth-order valence-electron chi connectivity index (χ4n) is 2.55. The van der Waals surface area contributed by atoms with Gasteiger partial charge in [0.1, 0.15) is 17.7 Å². The quantitative estimate of drug-likeness (QED) is 0.780. The van der Waals surface area contributed by atoms with Crippen molar-refractivity contribution in [3.63, 3.8) is 0 Å². The Kier molecular flexibility index (Phi) is 4.50. The van der Waals surface area contributed by atoms with Crippen LogP contribution in [-0.4, -0.2) is 14.5 Å². The summed E-state index contributed by atoms with van der Waals surface area (Å²) >= 11 is 6.18. The molecule has 3 rings (SSSR count). The van der Waals surface area contributed by atoms with E-state index in [0.29, 0.717) is 28.6 Å². The maximum Gasteiger partial charge on any atom is 0.144 e. The lowest BCUT2D eigenvalue weighted by atomic mass is 10.1. The van der Waals surface area contributed by atoms with E-state index in [9.17, 15) is 5.26 Å². The fourth-order valence-corrected chi connectivity index (χ4v) is 2.68. The number of nitrogens with one attached hydrogen (secondary N) is 1. The van der Waals surface area contributed by atoms with Crippen LogP contribution in [0.25, 0.3) is 5.69 Å². The van der Waals surface area contributed by atoms with Crippen LogP contribution >= 0.6 is 11.6 Å². The number of para-hydroxylation sites is 1. The Labute approximate surface area is 145 Å². The third-order valence-corrected chi connectivity index (χ3v) is 4.37. The minimum Gasteiger partial charge on any atom is -0.362 e. The monoisotopic (exact) mass is 337 g/mol. The molecule has 120 valence electrons. The number of halogens is 1. The molecule has 3 aromatic rings. The van der Waals surface area contributed by atoms with Crippen LogP contribution in [0.3, 0.4) is 0 Å². The number of pyridine rings is 1. The molecule has 0 aliphatic rings. The number of imidazole rings is 1. The largest absolute Gasteiger partial charge is 0.362 e. The van der Waals surface area contributed by atoms with Crippen molar-refractivity contribution in [1.29, 1.82) is 5.26 Å². The van der Waals surface area contributed by atoms with Gasteiger partial charge < -0.3 is 9.88 Å². The maximum absolute atomic E-state index is 9.39. The second kappa shape index (κ2) is 6.73. The van der Waals surface area contributed by atoms with Crippen LogP contribution in [0.5, 0.6) is 0 Å². The Morgan fingerprint density at radius 3 is 2.71 bits per heavy atom. The first-order valence-electron chi connectivity index (χ1n) is 7.50. The third-order valence-electron chi connectivity index (χ3n) is 3.82. The van der Waals surface area contributed by atoms with Crippen LogP contribution in [0.1, 0.15) is 22.6 Å². The zero-order chi connectivity index (χ0) is 17.1. The van der Waals surface area contributed by atoms with Gasteiger partial charge in [0.2, 0.25) is 0 Å². The van der Waals surface area contributed by atoms with Crippen LogP contribution in [0.4, 0.5) is 5.82 Å². The van der Waals surface area contributed by atoms with Gasteiger partial charge in [-0.1, -0.05) is 29.8 Å². The van der Waals surface area contributed by atoms with Gasteiger partial charge in [-0.3, -0.25) is 0 Å². The average molecular weight is 338 g/mol. The van der Waals surface area contributed by atoms with E-state index in [2.05, 4.69) is 21.4 Å². The highest BCUT2D eigenvalue weighted by Crippen LogP contribution is 2.27. The van der Waals surface area contributed by atoms with E-state index in [1.807, 2.05) is 54.9 Å². The first-order valence-corrected chi connectivity index (χ1v) is 7.88. The molecule has 0 bridgehead atoms. The summed E-state index contributed by atoms with van der Waals surface area (Å²) < 4.78 is 1.99. The summed E-state index contributed by atoms with van der Waals surface area (Å²) in [6, 6.07) is 12.1. The molecule has 1 aromatic carbocycles. The molecule has 5 nitrogen and oxygen atoms in total. The predicted octanol–water partition coefficient (Wildman–Crippen LogP) is 4.02. The molecule has 0 unspecified atom stereocenters. The van der Waals surface area contributed by atoms with E-state index in [1.54, 1.807) is 6.20 Å². The van der Waals surface area contributed by atoms with E-state index in [-0.39, 0.29) is 0 Å². The smallest absolute Gasteiger partial charge is 0.144 e. The summed E-state index contributed by atoms with van der Waals surface area (Å²) in [5, 5.41) is 13.1. The number of aromatic nitrogens is 3. The lowest BCUT2D eigenvalue weighted by Gasteiger charge is -2.13. The number of hydrogen-bond acceptors (Lipinski definition) is 4. The van der Waals surface area contributed by atoms with Gasteiger partial charge >= 0.3 is 0 Å². The molecule has 0 saturated carbocycles. The molecule has 0 aliphatic heterocycles. The van der Waals surface area contributed by atoms with Crippen LogP contribution in [-0.2, 0) is 6.54 Å². The number of anilines is 1. The third kappa shape index (κ3) is 2.97. The normalized spacial score (nSPS) is 10.4. The van der Waals surface area contributed by atoms with Crippen LogP contribution in [0.15, 0.2) is 42.7 Å². The second-order valence-electron chi connectivity index (χ2n) is 5.37. The maximum atomic E-state index is 9.39. The van der Waals surface area contributed by atoms with Gasteiger partial charge in [0.25, 0.3) is 0 Å². The van der Waals surface area contributed by atoms with Gasteiger partial charge in [-0.25, -0.2) is 9.97 Å². The van der Waals surface area contributed by atoms with E-state index >= 15 is 0 Å². The SMILES string of the molecule is Cc1nc(NCc2nccn2-c2ccccc2)c(C#N)c(C)c1Cl. The van der Waals surface area contributed by atoms with Crippen molar-refractivity contribution in [2.24, 2.45) is 0 Å². The second-order valence-corrected chi connectivity index (χ2v) is 5.75. The molecule has 1 N–H and O–H groups in total. The Hall–Kier alpha value is -2.84. The van der Waals surface area contributed by atoms with Crippen molar-refractivity contribution < 1.29 is 0 Å². The molecule has 2 aromatic heterocycles. The van der Waals surface area contributed by atoms with Gasteiger partial charge in [-0.15, -0.1) is 0 Å². The van der Waals surface area contributed by atoms with E-state index in [1.165, 1.54) is 0 Å². The Balaban J connectivity index is 1.89. The molecular weight excluding hydrogens is 322 g/mol. The molecule has 0 atom stereocenters. The first-order chi connectivity index (χ1) is 11.6.